The van der Waals surface area contributed by atoms with Crippen LogP contribution < -0.4 is 0 Å². The minimum absolute atomic E-state index is 0.205. The quantitative estimate of drug-likeness (QED) is 0.867. The maximum atomic E-state index is 12.2. The zero-order chi connectivity index (χ0) is 14.1. The molecule has 18 heavy (non-hydrogen) atoms. The van der Waals surface area contributed by atoms with E-state index in [9.17, 15) is 9.59 Å². The molecular weight excluding hydrogens is 234 g/mol. The van der Waals surface area contributed by atoms with Crippen LogP contribution >= 0.6 is 0 Å². The van der Waals surface area contributed by atoms with Gasteiger partial charge in [-0.05, 0) is 33.8 Å². The van der Waals surface area contributed by atoms with E-state index in [4.69, 9.17) is 5.11 Å². The molecule has 0 aliphatic carbocycles. The van der Waals surface area contributed by atoms with Crippen LogP contribution in [0.2, 0.25) is 0 Å². The number of carboxylic acid groups (broad SMARTS) is 1. The first kappa shape index (κ1) is 14.1. The van der Waals surface area contributed by atoms with Crippen LogP contribution in [-0.4, -0.2) is 44.4 Å². The van der Waals surface area contributed by atoms with Crippen LogP contribution in [0.4, 0.5) is 0 Å². The molecule has 0 aliphatic rings. The zero-order valence-electron chi connectivity index (χ0n) is 11.2. The van der Waals surface area contributed by atoms with Crippen LogP contribution in [0.15, 0.2) is 6.07 Å². The second-order valence-electron chi connectivity index (χ2n) is 4.67. The lowest BCUT2D eigenvalue weighted by Gasteiger charge is -2.31. The summed E-state index contributed by atoms with van der Waals surface area (Å²) in [5.74, 6) is -1.02. The number of aryl methyl sites for hydroxylation is 2. The second kappa shape index (κ2) is 4.72. The first-order valence-electron chi connectivity index (χ1n) is 5.50. The Bertz CT molecular complexity index is 477. The van der Waals surface area contributed by atoms with Crippen molar-refractivity contribution in [1.82, 2.24) is 14.9 Å². The number of hydrogen-bond donors (Lipinski definition) is 1. The largest absolute Gasteiger partial charge is 0.480 e. The molecule has 1 amide bonds. The third-order valence-electron chi connectivity index (χ3n) is 2.85. The predicted molar refractivity (Wildman–Crippen MR) is 65.3 cm³/mol. The minimum atomic E-state index is -1.29. The fourth-order valence-corrected chi connectivity index (χ4v) is 1.40. The Balaban J connectivity index is 3.11. The van der Waals surface area contributed by atoms with Gasteiger partial charge in [-0.3, -0.25) is 4.79 Å². The Labute approximate surface area is 106 Å². The average Bonchev–Trinajstić information content (AvgIpc) is 2.25. The normalized spacial score (nSPS) is 11.2. The van der Waals surface area contributed by atoms with Crippen LogP contribution in [0.3, 0.4) is 0 Å². The van der Waals surface area contributed by atoms with Crippen molar-refractivity contribution in [3.8, 4) is 0 Å². The second-order valence-corrected chi connectivity index (χ2v) is 4.67. The van der Waals surface area contributed by atoms with E-state index < -0.39 is 17.4 Å². The van der Waals surface area contributed by atoms with Crippen LogP contribution in [-0.2, 0) is 4.79 Å². The number of carbonyl (C=O) groups is 2. The van der Waals surface area contributed by atoms with E-state index in [0.29, 0.717) is 11.5 Å². The highest BCUT2D eigenvalue weighted by atomic mass is 16.4. The van der Waals surface area contributed by atoms with E-state index in [0.717, 1.165) is 4.90 Å². The standard InChI is InChI=1S/C12H17N3O3/c1-7-6-9(14-8(2)13-7)10(16)15(5)12(3,4)11(17)18/h6H,1-5H3,(H,17,18). The van der Waals surface area contributed by atoms with Crippen molar-refractivity contribution in [2.45, 2.75) is 33.2 Å². The van der Waals surface area contributed by atoms with Gasteiger partial charge in [0.2, 0.25) is 0 Å². The molecule has 0 saturated carbocycles. The summed E-state index contributed by atoms with van der Waals surface area (Å²) < 4.78 is 0. The lowest BCUT2D eigenvalue weighted by molar-refractivity contribution is -0.147. The van der Waals surface area contributed by atoms with Crippen LogP contribution in [0.1, 0.15) is 35.9 Å². The van der Waals surface area contributed by atoms with Crippen LogP contribution in [0, 0.1) is 13.8 Å². The number of hydrogen-bond acceptors (Lipinski definition) is 4. The van der Waals surface area contributed by atoms with Gasteiger partial charge in [-0.15, -0.1) is 0 Å². The molecule has 1 heterocycles. The van der Waals surface area contributed by atoms with Gasteiger partial charge >= 0.3 is 5.97 Å². The topological polar surface area (TPSA) is 83.4 Å². The molecule has 1 aromatic heterocycles. The maximum absolute atomic E-state index is 12.2. The number of nitrogens with zero attached hydrogens (tertiary/aromatic N) is 3. The van der Waals surface area contributed by atoms with Gasteiger partial charge in [0.05, 0.1) is 0 Å². The molecule has 0 aromatic carbocycles. The number of aromatic nitrogens is 2. The molecule has 6 nitrogen and oxygen atoms in total. The lowest BCUT2D eigenvalue weighted by atomic mass is 10.0. The van der Waals surface area contributed by atoms with Gasteiger partial charge in [0.15, 0.2) is 0 Å². The highest BCUT2D eigenvalue weighted by molar-refractivity contribution is 5.96. The summed E-state index contributed by atoms with van der Waals surface area (Å²) in [4.78, 5) is 32.5. The highest BCUT2D eigenvalue weighted by Crippen LogP contribution is 2.15. The fourth-order valence-electron chi connectivity index (χ4n) is 1.40. The van der Waals surface area contributed by atoms with Crippen LogP contribution in [0.25, 0.3) is 0 Å². The summed E-state index contributed by atoms with van der Waals surface area (Å²) >= 11 is 0. The number of carboxylic acids is 1. The van der Waals surface area contributed by atoms with Crippen molar-refractivity contribution in [3.63, 3.8) is 0 Å². The summed E-state index contributed by atoms with van der Waals surface area (Å²) in [6.45, 7) is 6.38. The molecule has 1 rings (SSSR count). The van der Waals surface area contributed by atoms with E-state index in [1.165, 1.54) is 20.9 Å². The Morgan fingerprint density at radius 2 is 1.83 bits per heavy atom. The zero-order valence-corrected chi connectivity index (χ0v) is 11.2. The van der Waals surface area contributed by atoms with E-state index in [1.54, 1.807) is 19.9 Å². The summed E-state index contributed by atoms with van der Waals surface area (Å²) in [6.07, 6.45) is 0. The predicted octanol–water partition coefficient (Wildman–Crippen LogP) is 1.03. The summed E-state index contributed by atoms with van der Waals surface area (Å²) in [5, 5.41) is 9.09. The first-order valence-corrected chi connectivity index (χ1v) is 5.50. The van der Waals surface area contributed by atoms with Crippen molar-refractivity contribution >= 4 is 11.9 Å². The molecule has 1 N–H and O–H groups in total. The van der Waals surface area contributed by atoms with E-state index in [1.807, 2.05) is 0 Å². The molecule has 0 saturated heterocycles. The van der Waals surface area contributed by atoms with Gasteiger partial charge in [0.1, 0.15) is 17.1 Å². The molecule has 0 bridgehead atoms. The van der Waals surface area contributed by atoms with Gasteiger partial charge in [-0.2, -0.15) is 0 Å². The number of rotatable bonds is 3. The lowest BCUT2D eigenvalue weighted by Crippen LogP contribution is -2.51. The molecule has 98 valence electrons. The number of likely N-dealkylation sites (N-methyl/N-ethyl adjacent to an activating group) is 1. The van der Waals surface area contributed by atoms with E-state index >= 15 is 0 Å². The molecule has 6 heteroatoms. The number of amides is 1. The molecule has 0 spiro atoms. The van der Waals surface area contributed by atoms with Crippen LogP contribution in [0.5, 0.6) is 0 Å². The molecule has 0 fully saturated rings. The van der Waals surface area contributed by atoms with Gasteiger partial charge in [-0.25, -0.2) is 14.8 Å². The van der Waals surface area contributed by atoms with Gasteiger partial charge in [-0.1, -0.05) is 0 Å². The first-order chi connectivity index (χ1) is 8.16. The summed E-state index contributed by atoms with van der Waals surface area (Å²) in [6, 6.07) is 1.55. The van der Waals surface area contributed by atoms with Gasteiger partial charge in [0, 0.05) is 12.7 Å². The van der Waals surface area contributed by atoms with Crippen molar-refractivity contribution in [2.24, 2.45) is 0 Å². The van der Waals surface area contributed by atoms with Gasteiger partial charge in [0.25, 0.3) is 5.91 Å². The Hall–Kier alpha value is -1.98. The van der Waals surface area contributed by atoms with E-state index in [-0.39, 0.29) is 5.69 Å². The molecule has 0 unspecified atom stereocenters. The third kappa shape index (κ3) is 2.64. The average molecular weight is 251 g/mol. The molecule has 1 aromatic rings. The van der Waals surface area contributed by atoms with E-state index in [2.05, 4.69) is 9.97 Å². The van der Waals surface area contributed by atoms with Gasteiger partial charge < -0.3 is 10.0 Å². The third-order valence-corrected chi connectivity index (χ3v) is 2.85. The highest BCUT2D eigenvalue weighted by Gasteiger charge is 2.36. The summed E-state index contributed by atoms with van der Waals surface area (Å²) in [7, 11) is 1.45. The molecular formula is C12H17N3O3. The minimum Gasteiger partial charge on any atom is -0.480 e. The monoisotopic (exact) mass is 251 g/mol. The molecule has 0 aliphatic heterocycles. The van der Waals surface area contributed by atoms with Crippen molar-refractivity contribution < 1.29 is 14.7 Å². The van der Waals surface area contributed by atoms with Crippen molar-refractivity contribution in [1.29, 1.82) is 0 Å². The number of aliphatic carboxylic acids is 1. The maximum Gasteiger partial charge on any atom is 0.329 e. The summed E-state index contributed by atoms with van der Waals surface area (Å²) in [5.41, 5.74) is -0.409. The Morgan fingerprint density at radius 1 is 1.28 bits per heavy atom. The SMILES string of the molecule is Cc1cc(C(=O)N(C)C(C)(C)C(=O)O)nc(C)n1. The smallest absolute Gasteiger partial charge is 0.329 e. The molecule has 0 atom stereocenters. The fraction of sp³-hybridized carbons (Fsp3) is 0.500. The number of carbonyl (C=O) groups excluding carboxylic acids is 1. The van der Waals surface area contributed by atoms with Crippen molar-refractivity contribution in [3.05, 3.63) is 23.3 Å². The van der Waals surface area contributed by atoms with Crippen molar-refractivity contribution in [2.75, 3.05) is 7.05 Å². The Kier molecular flexibility index (Phi) is 3.69. The Morgan fingerprint density at radius 3 is 2.28 bits per heavy atom. The molecule has 0 radical (unpaired) electrons.